The SMILES string of the molecule is C=C/C(=C\CC)C(C)CC.C=C/C(C)=C1\C(=C)c2ccccc2C1CC.C=Cc1c(C)cc2c(c1C=C)-c1ccc(C)cc1C2(C)C.CC1=CC=CCC1.Cc1cccc2ccccc12. The molecule has 0 heteroatoms. The molecular formula is C65H78. The lowest BCUT2D eigenvalue weighted by atomic mass is 9.80. The average molecular weight is 859 g/mol. The maximum atomic E-state index is 4.24. The van der Waals surface area contributed by atoms with Gasteiger partial charge in [0.25, 0.3) is 0 Å². The van der Waals surface area contributed by atoms with Crippen molar-refractivity contribution in [1.82, 2.24) is 0 Å². The Balaban J connectivity index is 0.000000187. The minimum absolute atomic E-state index is 0.0406. The lowest BCUT2D eigenvalue weighted by molar-refractivity contribution is 0.659. The van der Waals surface area contributed by atoms with Gasteiger partial charge in [-0.15, -0.1) is 0 Å². The Labute approximate surface area is 396 Å². The van der Waals surface area contributed by atoms with Gasteiger partial charge in [0.15, 0.2) is 0 Å². The van der Waals surface area contributed by atoms with Gasteiger partial charge in [0, 0.05) is 11.3 Å². The van der Waals surface area contributed by atoms with Crippen molar-refractivity contribution < 1.29 is 0 Å². The zero-order valence-electron chi connectivity index (χ0n) is 42.0. The Hall–Kier alpha value is -5.98. The fourth-order valence-electron chi connectivity index (χ4n) is 9.36. The molecule has 0 aliphatic heterocycles. The Kier molecular flexibility index (Phi) is 19.3. The molecule has 0 N–H and O–H groups in total. The summed E-state index contributed by atoms with van der Waals surface area (Å²) in [7, 11) is 0. The van der Waals surface area contributed by atoms with Crippen LogP contribution in [0.5, 0.6) is 0 Å². The van der Waals surface area contributed by atoms with Crippen LogP contribution in [-0.2, 0) is 5.41 Å². The molecule has 3 aliphatic rings. The van der Waals surface area contributed by atoms with Crippen molar-refractivity contribution in [3.8, 4) is 11.1 Å². The molecule has 65 heavy (non-hydrogen) atoms. The van der Waals surface area contributed by atoms with Crippen molar-refractivity contribution in [3.05, 3.63) is 233 Å². The second-order valence-corrected chi connectivity index (χ2v) is 18.3. The van der Waals surface area contributed by atoms with E-state index in [1.807, 2.05) is 24.3 Å². The van der Waals surface area contributed by atoms with E-state index in [0.29, 0.717) is 11.8 Å². The molecular weight excluding hydrogens is 781 g/mol. The molecule has 0 heterocycles. The van der Waals surface area contributed by atoms with Crippen LogP contribution in [0.3, 0.4) is 0 Å². The molecule has 0 spiro atoms. The Morgan fingerprint density at radius 3 is 2.00 bits per heavy atom. The lowest BCUT2D eigenvalue weighted by Crippen LogP contribution is -2.15. The van der Waals surface area contributed by atoms with Gasteiger partial charge in [-0.1, -0.05) is 225 Å². The Morgan fingerprint density at radius 1 is 0.754 bits per heavy atom. The second kappa shape index (κ2) is 24.3. The van der Waals surface area contributed by atoms with Gasteiger partial charge in [0.1, 0.15) is 0 Å². The predicted molar refractivity (Wildman–Crippen MR) is 294 cm³/mol. The van der Waals surface area contributed by atoms with Crippen LogP contribution in [0, 0.1) is 26.7 Å². The molecule has 0 saturated heterocycles. The van der Waals surface area contributed by atoms with E-state index in [0.717, 1.165) is 12.8 Å². The largest absolute Gasteiger partial charge is 0.0988 e. The van der Waals surface area contributed by atoms with Gasteiger partial charge < -0.3 is 0 Å². The van der Waals surface area contributed by atoms with Crippen molar-refractivity contribution in [2.75, 3.05) is 0 Å². The highest BCUT2D eigenvalue weighted by Gasteiger charge is 2.37. The zero-order valence-corrected chi connectivity index (χ0v) is 42.0. The summed E-state index contributed by atoms with van der Waals surface area (Å²) >= 11 is 0. The van der Waals surface area contributed by atoms with Crippen LogP contribution in [0.25, 0.3) is 39.6 Å². The third kappa shape index (κ3) is 12.2. The van der Waals surface area contributed by atoms with Crippen molar-refractivity contribution in [2.24, 2.45) is 5.92 Å². The number of benzene rings is 5. The van der Waals surface area contributed by atoms with E-state index in [1.54, 1.807) is 0 Å². The molecule has 5 aromatic rings. The summed E-state index contributed by atoms with van der Waals surface area (Å²) in [5, 5.41) is 2.68. The van der Waals surface area contributed by atoms with Crippen LogP contribution in [0.15, 0.2) is 183 Å². The van der Waals surface area contributed by atoms with Crippen LogP contribution in [0.4, 0.5) is 0 Å². The molecule has 0 bridgehead atoms. The number of hydrogen-bond donors (Lipinski definition) is 0. The first-order valence-electron chi connectivity index (χ1n) is 23.9. The van der Waals surface area contributed by atoms with Crippen molar-refractivity contribution in [2.45, 2.75) is 120 Å². The first-order valence-corrected chi connectivity index (χ1v) is 23.9. The maximum absolute atomic E-state index is 4.24. The molecule has 0 nitrogen and oxygen atoms in total. The number of rotatable bonds is 8. The normalized spacial score (nSPS) is 16.2. The summed E-state index contributed by atoms with van der Waals surface area (Å²) in [5.41, 5.74) is 21.3. The van der Waals surface area contributed by atoms with Gasteiger partial charge >= 0.3 is 0 Å². The van der Waals surface area contributed by atoms with Gasteiger partial charge in [-0.3, -0.25) is 0 Å². The van der Waals surface area contributed by atoms with Gasteiger partial charge in [-0.25, -0.2) is 0 Å². The van der Waals surface area contributed by atoms with Crippen LogP contribution < -0.4 is 0 Å². The summed E-state index contributed by atoms with van der Waals surface area (Å²) in [6, 6.07) is 32.5. The summed E-state index contributed by atoms with van der Waals surface area (Å²) in [5.74, 6) is 1.18. The Morgan fingerprint density at radius 2 is 1.43 bits per heavy atom. The number of fused-ring (bicyclic) bond motifs is 5. The molecule has 0 aromatic heterocycles. The first kappa shape index (κ1) is 51.7. The highest BCUT2D eigenvalue weighted by molar-refractivity contribution is 5.91. The molecule has 0 fully saturated rings. The van der Waals surface area contributed by atoms with Crippen LogP contribution in [0.1, 0.15) is 143 Å². The summed E-state index contributed by atoms with van der Waals surface area (Å²) < 4.78 is 0. The molecule has 8 rings (SSSR count). The zero-order chi connectivity index (χ0) is 47.8. The van der Waals surface area contributed by atoms with Crippen LogP contribution >= 0.6 is 0 Å². The molecule has 338 valence electrons. The van der Waals surface area contributed by atoms with E-state index in [-0.39, 0.29) is 5.41 Å². The van der Waals surface area contributed by atoms with E-state index in [9.17, 15) is 0 Å². The molecule has 2 atom stereocenters. The minimum atomic E-state index is 0.0406. The molecule has 0 radical (unpaired) electrons. The van der Waals surface area contributed by atoms with E-state index in [4.69, 9.17) is 0 Å². The number of aryl methyl sites for hydroxylation is 3. The Bertz CT molecular complexity index is 2620. The van der Waals surface area contributed by atoms with Crippen molar-refractivity contribution >= 4 is 28.5 Å². The summed E-state index contributed by atoms with van der Waals surface area (Å²) in [6.07, 6.45) is 22.5. The molecule has 5 aromatic carbocycles. The number of allylic oxidation sites excluding steroid dienone is 11. The lowest BCUT2D eigenvalue weighted by Gasteiger charge is -2.23. The highest BCUT2D eigenvalue weighted by atomic mass is 14.4. The third-order valence-electron chi connectivity index (χ3n) is 13.4. The third-order valence-corrected chi connectivity index (χ3v) is 13.4. The molecule has 0 amide bonds. The van der Waals surface area contributed by atoms with E-state index in [1.165, 1.54) is 119 Å². The van der Waals surface area contributed by atoms with Crippen molar-refractivity contribution in [3.63, 3.8) is 0 Å². The van der Waals surface area contributed by atoms with E-state index in [2.05, 4.69) is 224 Å². The van der Waals surface area contributed by atoms with Gasteiger partial charge in [0.2, 0.25) is 0 Å². The fraction of sp³-hybridized carbons (Fsp3) is 0.292. The van der Waals surface area contributed by atoms with Gasteiger partial charge in [-0.2, -0.15) is 0 Å². The average Bonchev–Trinajstić information content (AvgIpc) is 3.73. The topological polar surface area (TPSA) is 0 Å². The summed E-state index contributed by atoms with van der Waals surface area (Å²) in [6.45, 7) is 44.2. The number of hydrogen-bond acceptors (Lipinski definition) is 0. The minimum Gasteiger partial charge on any atom is -0.0988 e. The maximum Gasteiger partial charge on any atom is 0.0159 e. The van der Waals surface area contributed by atoms with Crippen molar-refractivity contribution in [1.29, 1.82) is 0 Å². The quantitative estimate of drug-likeness (QED) is 0.136. The van der Waals surface area contributed by atoms with Gasteiger partial charge in [-0.05, 0) is 161 Å². The molecule has 3 aliphatic carbocycles. The standard InChI is InChI=1S/C21H22.C16H18.C11H10.C10H18.C7H10/c1-7-15-14(4)12-19-20(16(15)8-2)17-10-9-13(3)11-18(17)21(19,5)6;1-5-11(3)16-12(4)14-9-7-8-10-15(14)13(16)6-2;1-9-5-4-7-10-6-2-3-8-11(9)10;1-5-8-10(7-3)9(4)6-2;1-7-5-3-2-4-6-7/h7-12H,1-2H2,3-6H3;5,7-10,13H,1,4,6H2,2-3H3;2-8H,1H3;7-9H,3,5-6H2,1-2,4H3;2-3,5H,4,6H2,1H3/b;16-11+;;10-8+;. The summed E-state index contributed by atoms with van der Waals surface area (Å²) in [4.78, 5) is 0. The smallest absolute Gasteiger partial charge is 0.0159 e. The monoisotopic (exact) mass is 859 g/mol. The van der Waals surface area contributed by atoms with Crippen LogP contribution in [-0.4, -0.2) is 0 Å². The van der Waals surface area contributed by atoms with Gasteiger partial charge in [0.05, 0.1) is 0 Å². The highest BCUT2D eigenvalue weighted by Crippen LogP contribution is 2.52. The van der Waals surface area contributed by atoms with E-state index >= 15 is 0 Å². The second-order valence-electron chi connectivity index (χ2n) is 18.3. The first-order chi connectivity index (χ1) is 31.1. The van der Waals surface area contributed by atoms with E-state index < -0.39 is 0 Å². The van der Waals surface area contributed by atoms with Crippen LogP contribution in [0.2, 0.25) is 0 Å². The molecule has 2 unspecified atom stereocenters. The predicted octanol–water partition coefficient (Wildman–Crippen LogP) is 19.6. The molecule has 0 saturated carbocycles. The fourth-order valence-corrected chi connectivity index (χ4v) is 9.36.